The quantitative estimate of drug-likeness (QED) is 0.720. The van der Waals surface area contributed by atoms with Gasteiger partial charge in [0.1, 0.15) is 11.2 Å². The molecule has 2 aliphatic carbocycles. The summed E-state index contributed by atoms with van der Waals surface area (Å²) < 4.78 is 6.52. The molecule has 0 saturated carbocycles. The lowest BCUT2D eigenvalue weighted by Gasteiger charge is -2.36. The first-order valence-corrected chi connectivity index (χ1v) is 12.0. The molecule has 1 spiro atoms. The number of benzene rings is 1. The van der Waals surface area contributed by atoms with Gasteiger partial charge in [-0.3, -0.25) is 4.79 Å². The number of hydrogen-bond donors (Lipinski definition) is 1. The fourth-order valence-corrected chi connectivity index (χ4v) is 6.76. The molecule has 170 valence electrons. The number of ketones is 1. The van der Waals surface area contributed by atoms with Crippen LogP contribution in [0.2, 0.25) is 0 Å². The van der Waals surface area contributed by atoms with Crippen molar-refractivity contribution >= 4 is 18.0 Å². The number of piperidine rings is 1. The standard InChI is InChI=1S/C26H29N4O3/c1-33-22-6-4-5-18-17(22)9-8-16-14-27-19(24(16)18)10-11-20-21(31)13-26-12-3-2-7-23(26)28-15-29-25(26)30(20)32/h2-7,15-16,19-20,24,27H,8-14H2,1H3/q+1/t16-,19?,20?,24+,26?/m0/s1. The fraction of sp³-hybridized carbons (Fsp3) is 0.500. The molecule has 1 N–H and O–H groups in total. The van der Waals surface area contributed by atoms with Crippen LogP contribution in [0.15, 0.2) is 52.1 Å². The number of fused-ring (bicyclic) bond motifs is 3. The summed E-state index contributed by atoms with van der Waals surface area (Å²) >= 11 is 0. The number of aliphatic imine (C=N–C) groups is 2. The van der Waals surface area contributed by atoms with Crippen LogP contribution in [0.3, 0.4) is 0 Å². The second-order valence-electron chi connectivity index (χ2n) is 9.89. The van der Waals surface area contributed by atoms with Gasteiger partial charge in [0, 0.05) is 24.8 Å². The van der Waals surface area contributed by atoms with Gasteiger partial charge in [-0.2, -0.15) is 0 Å². The SMILES string of the molecule is COc1cccc2c1CC[C@H]1CNC(CCC3C(=O)CC45CC=CC=C4N=CN=C5[N+]3=O)[C@@H]21. The molecule has 1 aromatic rings. The molecule has 5 atom stereocenters. The number of hydrogen-bond acceptors (Lipinski definition) is 6. The number of carbonyl (C=O) groups is 1. The zero-order valence-electron chi connectivity index (χ0n) is 18.9. The number of methoxy groups -OCH3 is 1. The monoisotopic (exact) mass is 445 g/mol. The average molecular weight is 446 g/mol. The van der Waals surface area contributed by atoms with Gasteiger partial charge in [-0.05, 0) is 71.2 Å². The highest BCUT2D eigenvalue weighted by Gasteiger charge is 2.59. The van der Waals surface area contributed by atoms with Crippen LogP contribution in [0.5, 0.6) is 5.75 Å². The van der Waals surface area contributed by atoms with Gasteiger partial charge < -0.3 is 10.1 Å². The van der Waals surface area contributed by atoms with E-state index >= 15 is 0 Å². The van der Waals surface area contributed by atoms with Crippen LogP contribution in [0.4, 0.5) is 0 Å². The van der Waals surface area contributed by atoms with Gasteiger partial charge in [0.05, 0.1) is 12.8 Å². The minimum Gasteiger partial charge on any atom is -0.496 e. The molecule has 7 heteroatoms. The summed E-state index contributed by atoms with van der Waals surface area (Å²) in [7, 11) is 1.73. The van der Waals surface area contributed by atoms with Crippen molar-refractivity contribution in [3.63, 3.8) is 0 Å². The molecule has 2 fully saturated rings. The second-order valence-corrected chi connectivity index (χ2v) is 9.89. The minimum absolute atomic E-state index is 0.00232. The van der Waals surface area contributed by atoms with Crippen molar-refractivity contribution in [3.05, 3.63) is 58.2 Å². The van der Waals surface area contributed by atoms with Crippen molar-refractivity contribution in [2.45, 2.75) is 56.5 Å². The Hall–Kier alpha value is -2.93. The average Bonchev–Trinajstić information content (AvgIpc) is 3.26. The van der Waals surface area contributed by atoms with E-state index in [2.05, 4.69) is 27.4 Å². The van der Waals surface area contributed by atoms with Gasteiger partial charge in [-0.25, -0.2) is 4.99 Å². The van der Waals surface area contributed by atoms with Crippen molar-refractivity contribution < 1.29 is 14.3 Å². The molecule has 7 nitrogen and oxygen atoms in total. The smallest absolute Gasteiger partial charge is 0.351 e. The predicted molar refractivity (Wildman–Crippen MR) is 126 cm³/mol. The molecular formula is C26H29N4O3+. The van der Waals surface area contributed by atoms with Crippen LogP contribution in [0.1, 0.15) is 49.1 Å². The molecule has 1 aromatic carbocycles. The number of nitrogens with zero attached hydrogens (tertiary/aromatic N) is 3. The van der Waals surface area contributed by atoms with E-state index in [1.807, 2.05) is 24.3 Å². The van der Waals surface area contributed by atoms with Crippen molar-refractivity contribution in [1.82, 2.24) is 5.32 Å². The van der Waals surface area contributed by atoms with Gasteiger partial charge in [-0.15, -0.1) is 0 Å². The first kappa shape index (κ1) is 20.7. The van der Waals surface area contributed by atoms with Crippen LogP contribution in [-0.2, 0) is 11.2 Å². The van der Waals surface area contributed by atoms with Crippen molar-refractivity contribution in [3.8, 4) is 5.75 Å². The number of allylic oxidation sites excluding steroid dienone is 3. The van der Waals surface area contributed by atoms with E-state index in [4.69, 9.17) is 4.74 Å². The summed E-state index contributed by atoms with van der Waals surface area (Å²) in [6.07, 6.45) is 11.7. The fourth-order valence-electron chi connectivity index (χ4n) is 6.76. The Labute approximate surface area is 193 Å². The lowest BCUT2D eigenvalue weighted by molar-refractivity contribution is -0.475. The Kier molecular flexibility index (Phi) is 4.91. The molecule has 0 bridgehead atoms. The van der Waals surface area contributed by atoms with Crippen LogP contribution in [0, 0.1) is 16.2 Å². The third-order valence-corrected chi connectivity index (χ3v) is 8.34. The van der Waals surface area contributed by atoms with Crippen molar-refractivity contribution in [2.24, 2.45) is 21.3 Å². The van der Waals surface area contributed by atoms with Gasteiger partial charge in [0.25, 0.3) is 0 Å². The maximum atomic E-state index is 13.4. The molecule has 0 aromatic heterocycles. The molecule has 3 heterocycles. The third-order valence-electron chi connectivity index (χ3n) is 8.34. The summed E-state index contributed by atoms with van der Waals surface area (Å²) in [6, 6.07) is 5.92. The zero-order valence-corrected chi connectivity index (χ0v) is 18.9. The van der Waals surface area contributed by atoms with Crippen molar-refractivity contribution in [2.75, 3.05) is 13.7 Å². The van der Waals surface area contributed by atoms with E-state index < -0.39 is 11.5 Å². The minimum atomic E-state index is -0.686. The normalized spacial score (nSPS) is 34.1. The van der Waals surface area contributed by atoms with Crippen LogP contribution < -0.4 is 10.1 Å². The van der Waals surface area contributed by atoms with Crippen LogP contribution in [-0.4, -0.2) is 48.5 Å². The van der Waals surface area contributed by atoms with Gasteiger partial charge in [0.2, 0.25) is 12.4 Å². The van der Waals surface area contributed by atoms with Gasteiger partial charge in [0.15, 0.2) is 5.78 Å². The lowest BCUT2D eigenvalue weighted by Crippen LogP contribution is -2.54. The highest BCUT2D eigenvalue weighted by Crippen LogP contribution is 2.47. The maximum Gasteiger partial charge on any atom is 0.351 e. The van der Waals surface area contributed by atoms with Gasteiger partial charge >= 0.3 is 5.84 Å². The first-order valence-electron chi connectivity index (χ1n) is 12.0. The topological polar surface area (TPSA) is 83.1 Å². The molecule has 6 rings (SSSR count). The van der Waals surface area contributed by atoms with Gasteiger partial charge in [-0.1, -0.05) is 29.2 Å². The predicted octanol–water partition coefficient (Wildman–Crippen LogP) is 3.48. The Morgan fingerprint density at radius 1 is 1.30 bits per heavy atom. The largest absolute Gasteiger partial charge is 0.496 e. The summed E-state index contributed by atoms with van der Waals surface area (Å²) in [6.45, 7) is 0.985. The molecule has 0 radical (unpaired) electrons. The van der Waals surface area contributed by atoms with E-state index in [0.29, 0.717) is 36.9 Å². The molecular weight excluding hydrogens is 416 g/mol. The number of nitrogens with one attached hydrogen (secondary N) is 1. The molecule has 2 saturated heterocycles. The Morgan fingerprint density at radius 2 is 2.21 bits per heavy atom. The zero-order chi connectivity index (χ0) is 22.6. The highest BCUT2D eigenvalue weighted by atomic mass is 16.5. The number of rotatable bonds is 4. The molecule has 33 heavy (non-hydrogen) atoms. The highest BCUT2D eigenvalue weighted by molar-refractivity contribution is 6.01. The van der Waals surface area contributed by atoms with Crippen molar-refractivity contribution in [1.29, 1.82) is 0 Å². The lowest BCUT2D eigenvalue weighted by atomic mass is 9.69. The van der Waals surface area contributed by atoms with Crippen LogP contribution in [0.25, 0.3) is 0 Å². The summed E-state index contributed by atoms with van der Waals surface area (Å²) in [5.74, 6) is 2.40. The third kappa shape index (κ3) is 3.09. The molecule has 0 amide bonds. The Morgan fingerprint density at radius 3 is 3.09 bits per heavy atom. The summed E-state index contributed by atoms with van der Waals surface area (Å²) in [5, 5.41) is 3.70. The number of ether oxygens (including phenoxy) is 1. The number of Topliss-reactive ketones (excluding diaryl/α,β-unsaturated/α-hetero) is 1. The Balaban J connectivity index is 1.22. The summed E-state index contributed by atoms with van der Waals surface area (Å²) in [4.78, 5) is 35.4. The van der Waals surface area contributed by atoms with E-state index in [-0.39, 0.29) is 11.8 Å². The maximum absolute atomic E-state index is 13.4. The molecule has 3 aliphatic heterocycles. The Bertz CT molecular complexity index is 1150. The molecule has 5 aliphatic rings. The summed E-state index contributed by atoms with van der Waals surface area (Å²) in [5.41, 5.74) is 2.77. The molecule has 3 unspecified atom stereocenters. The van der Waals surface area contributed by atoms with E-state index in [0.717, 1.165) is 42.0 Å². The van der Waals surface area contributed by atoms with E-state index in [1.54, 1.807) is 7.11 Å². The van der Waals surface area contributed by atoms with E-state index in [9.17, 15) is 9.70 Å². The number of carbonyl (C=O) groups excluding carboxylic acids is 1. The van der Waals surface area contributed by atoms with Crippen LogP contribution >= 0.6 is 0 Å². The number of amidine groups is 1. The van der Waals surface area contributed by atoms with E-state index in [1.165, 1.54) is 17.5 Å². The first-order chi connectivity index (χ1) is 16.1. The second kappa shape index (κ2) is 7.83. The number of nitroso groups, excluding NO2 is 1.